The fourth-order valence-corrected chi connectivity index (χ4v) is 2.41. The largest absolute Gasteiger partial charge is 0.370 e. The standard InChI is InChI=1S/C16H25N3.HI/c1-2-14(15-9-4-3-5-10-15)12-19-16(17)18-11-13-7-6-8-13;/h3-5,9-10,13-14H,2,6-8,11-12H2,1H3,(H3,17,18,19);1H. The highest BCUT2D eigenvalue weighted by Gasteiger charge is 2.16. The van der Waals surface area contributed by atoms with Crippen LogP contribution in [-0.2, 0) is 0 Å². The zero-order valence-electron chi connectivity index (χ0n) is 12.2. The van der Waals surface area contributed by atoms with Crippen LogP contribution in [0.2, 0.25) is 0 Å². The first-order valence-electron chi connectivity index (χ1n) is 7.38. The minimum absolute atomic E-state index is 0. The summed E-state index contributed by atoms with van der Waals surface area (Å²) in [5.74, 6) is 1.87. The highest BCUT2D eigenvalue weighted by molar-refractivity contribution is 14.0. The van der Waals surface area contributed by atoms with Gasteiger partial charge in [-0.15, -0.1) is 24.0 Å². The molecule has 1 aliphatic rings. The van der Waals surface area contributed by atoms with Crippen molar-refractivity contribution in [1.29, 1.82) is 0 Å². The lowest BCUT2D eigenvalue weighted by Gasteiger charge is -2.25. The zero-order chi connectivity index (χ0) is 13.5. The number of benzene rings is 1. The zero-order valence-corrected chi connectivity index (χ0v) is 14.5. The Labute approximate surface area is 139 Å². The summed E-state index contributed by atoms with van der Waals surface area (Å²) in [6.07, 6.45) is 5.13. The molecule has 0 bridgehead atoms. The molecular weight excluding hydrogens is 361 g/mol. The molecule has 1 aromatic rings. The molecule has 1 fully saturated rings. The topological polar surface area (TPSA) is 50.4 Å². The van der Waals surface area contributed by atoms with E-state index >= 15 is 0 Å². The van der Waals surface area contributed by atoms with Crippen LogP contribution in [-0.4, -0.2) is 19.0 Å². The monoisotopic (exact) mass is 387 g/mol. The van der Waals surface area contributed by atoms with Gasteiger partial charge in [-0.3, -0.25) is 4.99 Å². The van der Waals surface area contributed by atoms with Gasteiger partial charge in [0, 0.05) is 19.0 Å². The van der Waals surface area contributed by atoms with Crippen molar-refractivity contribution in [1.82, 2.24) is 5.32 Å². The Hall–Kier alpha value is -0.780. The Bertz CT molecular complexity index is 401. The second-order valence-electron chi connectivity index (χ2n) is 5.42. The van der Waals surface area contributed by atoms with E-state index in [0.29, 0.717) is 11.9 Å². The van der Waals surface area contributed by atoms with Gasteiger partial charge in [0.2, 0.25) is 0 Å². The molecule has 1 aromatic carbocycles. The van der Waals surface area contributed by atoms with E-state index in [9.17, 15) is 0 Å². The Balaban J connectivity index is 0.00000200. The van der Waals surface area contributed by atoms with Gasteiger partial charge in [0.15, 0.2) is 5.96 Å². The van der Waals surface area contributed by atoms with Gasteiger partial charge in [0.25, 0.3) is 0 Å². The summed E-state index contributed by atoms with van der Waals surface area (Å²) >= 11 is 0. The van der Waals surface area contributed by atoms with Crippen LogP contribution in [0.3, 0.4) is 0 Å². The maximum Gasteiger partial charge on any atom is 0.188 e. The second-order valence-corrected chi connectivity index (χ2v) is 5.42. The lowest BCUT2D eigenvalue weighted by molar-refractivity contribution is 0.315. The third kappa shape index (κ3) is 5.31. The highest BCUT2D eigenvalue weighted by Crippen LogP contribution is 2.25. The number of guanidine groups is 1. The summed E-state index contributed by atoms with van der Waals surface area (Å²) in [5, 5.41) is 3.24. The summed E-state index contributed by atoms with van der Waals surface area (Å²) in [6.45, 7) is 3.95. The Morgan fingerprint density at radius 1 is 1.35 bits per heavy atom. The Morgan fingerprint density at radius 2 is 2.05 bits per heavy atom. The number of hydrogen-bond acceptors (Lipinski definition) is 1. The van der Waals surface area contributed by atoms with Crippen LogP contribution in [0.4, 0.5) is 0 Å². The maximum atomic E-state index is 5.92. The molecule has 3 N–H and O–H groups in total. The highest BCUT2D eigenvalue weighted by atomic mass is 127. The average Bonchev–Trinajstić information content (AvgIpc) is 2.39. The van der Waals surface area contributed by atoms with E-state index in [1.165, 1.54) is 24.8 Å². The molecule has 1 saturated carbocycles. The van der Waals surface area contributed by atoms with Gasteiger partial charge in [0.05, 0.1) is 0 Å². The van der Waals surface area contributed by atoms with Crippen molar-refractivity contribution in [3.05, 3.63) is 35.9 Å². The van der Waals surface area contributed by atoms with Crippen LogP contribution in [0.25, 0.3) is 0 Å². The van der Waals surface area contributed by atoms with E-state index in [1.807, 2.05) is 6.07 Å². The van der Waals surface area contributed by atoms with E-state index in [2.05, 4.69) is 41.5 Å². The predicted molar refractivity (Wildman–Crippen MR) is 96.7 cm³/mol. The van der Waals surface area contributed by atoms with E-state index in [0.717, 1.165) is 25.4 Å². The molecule has 0 aliphatic heterocycles. The predicted octanol–water partition coefficient (Wildman–Crippen LogP) is 3.50. The molecule has 1 atom stereocenters. The summed E-state index contributed by atoms with van der Waals surface area (Å²) in [4.78, 5) is 4.49. The molecule has 1 unspecified atom stereocenters. The second kappa shape index (κ2) is 9.21. The van der Waals surface area contributed by atoms with Crippen LogP contribution in [0.5, 0.6) is 0 Å². The number of hydrogen-bond donors (Lipinski definition) is 2. The fourth-order valence-electron chi connectivity index (χ4n) is 2.41. The molecule has 1 aliphatic carbocycles. The fraction of sp³-hybridized carbons (Fsp3) is 0.562. The van der Waals surface area contributed by atoms with Crippen molar-refractivity contribution >= 4 is 29.9 Å². The maximum absolute atomic E-state index is 5.92. The van der Waals surface area contributed by atoms with Crippen molar-refractivity contribution in [2.45, 2.75) is 38.5 Å². The first-order valence-corrected chi connectivity index (χ1v) is 7.38. The van der Waals surface area contributed by atoms with Gasteiger partial charge in [0.1, 0.15) is 0 Å². The van der Waals surface area contributed by atoms with E-state index in [1.54, 1.807) is 0 Å². The van der Waals surface area contributed by atoms with Gasteiger partial charge >= 0.3 is 0 Å². The van der Waals surface area contributed by atoms with Gasteiger partial charge < -0.3 is 11.1 Å². The van der Waals surface area contributed by atoms with Gasteiger partial charge in [-0.1, -0.05) is 43.7 Å². The summed E-state index contributed by atoms with van der Waals surface area (Å²) in [7, 11) is 0. The van der Waals surface area contributed by atoms with Gasteiger partial charge in [-0.05, 0) is 30.7 Å². The van der Waals surface area contributed by atoms with Crippen molar-refractivity contribution < 1.29 is 0 Å². The minimum atomic E-state index is 0. The van der Waals surface area contributed by atoms with Crippen LogP contribution in [0, 0.1) is 5.92 Å². The van der Waals surface area contributed by atoms with Crippen molar-refractivity contribution in [2.75, 3.05) is 13.1 Å². The molecule has 0 heterocycles. The summed E-state index contributed by atoms with van der Waals surface area (Å²) in [5.41, 5.74) is 7.27. The molecule has 0 amide bonds. The molecule has 0 spiro atoms. The van der Waals surface area contributed by atoms with Crippen molar-refractivity contribution in [2.24, 2.45) is 16.6 Å². The summed E-state index contributed by atoms with van der Waals surface area (Å²) in [6, 6.07) is 10.6. The number of nitrogens with two attached hydrogens (primary N) is 1. The quantitative estimate of drug-likeness (QED) is 0.446. The Morgan fingerprint density at radius 3 is 2.60 bits per heavy atom. The smallest absolute Gasteiger partial charge is 0.188 e. The first kappa shape index (κ1) is 17.3. The number of rotatable bonds is 6. The molecule has 2 rings (SSSR count). The number of aliphatic imine (C=N–C) groups is 1. The average molecular weight is 387 g/mol. The van der Waals surface area contributed by atoms with Crippen molar-refractivity contribution in [3.8, 4) is 0 Å². The molecule has 0 aromatic heterocycles. The number of nitrogens with one attached hydrogen (secondary N) is 1. The molecule has 0 radical (unpaired) electrons. The van der Waals surface area contributed by atoms with E-state index < -0.39 is 0 Å². The van der Waals surface area contributed by atoms with Gasteiger partial charge in [-0.25, -0.2) is 0 Å². The SMILES string of the molecule is CCC(CN=C(N)NCC1CCC1)c1ccccc1.I. The molecule has 3 nitrogen and oxygen atoms in total. The number of halogens is 1. The first-order chi connectivity index (χ1) is 9.29. The third-order valence-electron chi connectivity index (χ3n) is 4.04. The molecule has 4 heteroatoms. The lowest BCUT2D eigenvalue weighted by Crippen LogP contribution is -2.37. The molecule has 0 saturated heterocycles. The van der Waals surface area contributed by atoms with Crippen molar-refractivity contribution in [3.63, 3.8) is 0 Å². The molecular formula is C16H26IN3. The molecule has 20 heavy (non-hydrogen) atoms. The van der Waals surface area contributed by atoms with E-state index in [4.69, 9.17) is 5.73 Å². The summed E-state index contributed by atoms with van der Waals surface area (Å²) < 4.78 is 0. The Kier molecular flexibility index (Phi) is 7.95. The lowest BCUT2D eigenvalue weighted by atomic mass is 9.85. The van der Waals surface area contributed by atoms with Crippen LogP contribution < -0.4 is 11.1 Å². The molecule has 112 valence electrons. The minimum Gasteiger partial charge on any atom is -0.370 e. The van der Waals surface area contributed by atoms with Crippen LogP contribution in [0.15, 0.2) is 35.3 Å². The van der Waals surface area contributed by atoms with Crippen LogP contribution >= 0.6 is 24.0 Å². The normalized spacial score (nSPS) is 16.9. The van der Waals surface area contributed by atoms with E-state index in [-0.39, 0.29) is 24.0 Å². The number of nitrogens with zero attached hydrogens (tertiary/aromatic N) is 1. The van der Waals surface area contributed by atoms with Crippen LogP contribution in [0.1, 0.15) is 44.1 Å². The third-order valence-corrected chi connectivity index (χ3v) is 4.04. The van der Waals surface area contributed by atoms with Gasteiger partial charge in [-0.2, -0.15) is 0 Å².